The first-order chi connectivity index (χ1) is 5.74. The summed E-state index contributed by atoms with van der Waals surface area (Å²) in [5.41, 5.74) is 1.16. The molecule has 1 aromatic rings. The number of hydroxylamine groups is 2. The average Bonchev–Trinajstić information content (AvgIpc) is 2.04. The Morgan fingerprint density at radius 2 is 2.08 bits per heavy atom. The van der Waals surface area contributed by atoms with E-state index in [2.05, 4.69) is 6.07 Å². The molecule has 0 saturated heterocycles. The SMILES string of the molecule is CSc1ccccc1CN(C)O. The summed E-state index contributed by atoms with van der Waals surface area (Å²) in [7, 11) is 1.65. The van der Waals surface area contributed by atoms with Gasteiger partial charge in [-0.15, -0.1) is 11.8 Å². The number of nitrogens with zero attached hydrogens (tertiary/aromatic N) is 1. The van der Waals surface area contributed by atoms with Crippen LogP contribution in [0.2, 0.25) is 0 Å². The van der Waals surface area contributed by atoms with Crippen LogP contribution in [-0.4, -0.2) is 23.6 Å². The molecule has 66 valence electrons. The van der Waals surface area contributed by atoms with Gasteiger partial charge in [-0.05, 0) is 17.9 Å². The van der Waals surface area contributed by atoms with Crippen LogP contribution in [-0.2, 0) is 6.54 Å². The average molecular weight is 183 g/mol. The Morgan fingerprint density at radius 1 is 1.42 bits per heavy atom. The second-order valence-electron chi connectivity index (χ2n) is 2.63. The first-order valence-electron chi connectivity index (χ1n) is 3.76. The van der Waals surface area contributed by atoms with Gasteiger partial charge in [0.1, 0.15) is 0 Å². The summed E-state index contributed by atoms with van der Waals surface area (Å²) >= 11 is 1.70. The van der Waals surface area contributed by atoms with Crippen molar-refractivity contribution in [3.63, 3.8) is 0 Å². The maximum Gasteiger partial charge on any atom is 0.0496 e. The summed E-state index contributed by atoms with van der Waals surface area (Å²) < 4.78 is 0. The molecule has 1 aromatic carbocycles. The van der Waals surface area contributed by atoms with Gasteiger partial charge in [0.2, 0.25) is 0 Å². The van der Waals surface area contributed by atoms with Gasteiger partial charge in [0.05, 0.1) is 0 Å². The van der Waals surface area contributed by atoms with E-state index in [1.165, 1.54) is 9.96 Å². The quantitative estimate of drug-likeness (QED) is 0.574. The van der Waals surface area contributed by atoms with E-state index >= 15 is 0 Å². The van der Waals surface area contributed by atoms with Crippen molar-refractivity contribution in [1.29, 1.82) is 0 Å². The molecule has 0 atom stereocenters. The van der Waals surface area contributed by atoms with E-state index in [1.807, 2.05) is 24.5 Å². The van der Waals surface area contributed by atoms with Crippen LogP contribution in [0.5, 0.6) is 0 Å². The lowest BCUT2D eigenvalue weighted by atomic mass is 10.2. The van der Waals surface area contributed by atoms with Gasteiger partial charge in [0, 0.05) is 18.5 Å². The second-order valence-corrected chi connectivity index (χ2v) is 3.48. The van der Waals surface area contributed by atoms with Crippen molar-refractivity contribution in [3.05, 3.63) is 29.8 Å². The van der Waals surface area contributed by atoms with Crippen LogP contribution in [0.25, 0.3) is 0 Å². The van der Waals surface area contributed by atoms with Crippen molar-refractivity contribution in [2.45, 2.75) is 11.4 Å². The molecule has 0 aliphatic carbocycles. The third-order valence-electron chi connectivity index (χ3n) is 1.59. The summed E-state index contributed by atoms with van der Waals surface area (Å²) in [6.45, 7) is 0.580. The van der Waals surface area contributed by atoms with E-state index in [9.17, 15) is 0 Å². The van der Waals surface area contributed by atoms with Crippen molar-refractivity contribution >= 4 is 11.8 Å². The predicted octanol–water partition coefficient (Wildman–Crippen LogP) is 2.23. The molecule has 0 unspecified atom stereocenters. The molecule has 0 saturated carbocycles. The van der Waals surface area contributed by atoms with Crippen LogP contribution in [0.1, 0.15) is 5.56 Å². The van der Waals surface area contributed by atoms with E-state index in [1.54, 1.807) is 18.8 Å². The van der Waals surface area contributed by atoms with Gasteiger partial charge in [-0.3, -0.25) is 0 Å². The highest BCUT2D eigenvalue weighted by atomic mass is 32.2. The monoisotopic (exact) mass is 183 g/mol. The van der Waals surface area contributed by atoms with Crippen LogP contribution < -0.4 is 0 Å². The van der Waals surface area contributed by atoms with Crippen molar-refractivity contribution in [2.75, 3.05) is 13.3 Å². The zero-order valence-corrected chi connectivity index (χ0v) is 8.14. The minimum atomic E-state index is 0.580. The minimum Gasteiger partial charge on any atom is -0.314 e. The molecule has 0 aromatic heterocycles. The molecule has 1 rings (SSSR count). The molecule has 0 spiro atoms. The molecule has 0 aliphatic heterocycles. The molecule has 0 fully saturated rings. The molecule has 0 radical (unpaired) electrons. The minimum absolute atomic E-state index is 0.580. The fraction of sp³-hybridized carbons (Fsp3) is 0.333. The molecule has 12 heavy (non-hydrogen) atoms. The normalized spacial score (nSPS) is 10.7. The van der Waals surface area contributed by atoms with E-state index < -0.39 is 0 Å². The van der Waals surface area contributed by atoms with Crippen LogP contribution in [0, 0.1) is 0 Å². The van der Waals surface area contributed by atoms with Crippen molar-refractivity contribution < 1.29 is 5.21 Å². The molecular formula is C9H13NOS. The van der Waals surface area contributed by atoms with Crippen molar-refractivity contribution in [1.82, 2.24) is 5.06 Å². The summed E-state index contributed by atoms with van der Waals surface area (Å²) in [6.07, 6.45) is 2.04. The maximum atomic E-state index is 9.05. The van der Waals surface area contributed by atoms with Gasteiger partial charge in [0.15, 0.2) is 0 Å². The van der Waals surface area contributed by atoms with Crippen LogP contribution in [0.15, 0.2) is 29.2 Å². The Balaban J connectivity index is 2.82. The lowest BCUT2D eigenvalue weighted by Gasteiger charge is -2.10. The highest BCUT2D eigenvalue weighted by Crippen LogP contribution is 2.20. The van der Waals surface area contributed by atoms with Crippen LogP contribution in [0.3, 0.4) is 0 Å². The van der Waals surface area contributed by atoms with E-state index in [-0.39, 0.29) is 0 Å². The first kappa shape index (κ1) is 9.58. The fourth-order valence-electron chi connectivity index (χ4n) is 1.08. The molecule has 0 aliphatic rings. The van der Waals surface area contributed by atoms with Gasteiger partial charge in [-0.25, -0.2) is 0 Å². The molecule has 1 N–H and O–H groups in total. The topological polar surface area (TPSA) is 23.5 Å². The Morgan fingerprint density at radius 3 is 2.67 bits per heavy atom. The summed E-state index contributed by atoms with van der Waals surface area (Å²) in [4.78, 5) is 1.22. The number of hydrogen-bond acceptors (Lipinski definition) is 3. The number of thioether (sulfide) groups is 1. The van der Waals surface area contributed by atoms with Crippen molar-refractivity contribution in [3.8, 4) is 0 Å². The Bertz CT molecular complexity index is 250. The molecule has 0 amide bonds. The van der Waals surface area contributed by atoms with Crippen LogP contribution in [0.4, 0.5) is 0 Å². The second kappa shape index (κ2) is 4.50. The highest BCUT2D eigenvalue weighted by Gasteiger charge is 2.01. The smallest absolute Gasteiger partial charge is 0.0496 e. The molecule has 3 heteroatoms. The zero-order valence-electron chi connectivity index (χ0n) is 7.32. The van der Waals surface area contributed by atoms with Crippen LogP contribution >= 0.6 is 11.8 Å². The molecule has 2 nitrogen and oxygen atoms in total. The third-order valence-corrected chi connectivity index (χ3v) is 2.43. The van der Waals surface area contributed by atoms with Gasteiger partial charge >= 0.3 is 0 Å². The standard InChI is InChI=1S/C9H13NOS/c1-10(11)7-8-5-3-4-6-9(8)12-2/h3-6,11H,7H2,1-2H3. The summed E-state index contributed by atoms with van der Waals surface area (Å²) in [6, 6.07) is 8.08. The fourth-order valence-corrected chi connectivity index (χ4v) is 1.69. The van der Waals surface area contributed by atoms with Gasteiger partial charge in [-0.2, -0.15) is 5.06 Å². The van der Waals surface area contributed by atoms with Crippen molar-refractivity contribution in [2.24, 2.45) is 0 Å². The summed E-state index contributed by atoms with van der Waals surface area (Å²) in [5, 5.41) is 10.2. The zero-order chi connectivity index (χ0) is 8.97. The van der Waals surface area contributed by atoms with E-state index in [4.69, 9.17) is 5.21 Å². The van der Waals surface area contributed by atoms with Gasteiger partial charge in [0.25, 0.3) is 0 Å². The lowest BCUT2D eigenvalue weighted by Crippen LogP contribution is -2.12. The molecule has 0 bridgehead atoms. The Kier molecular flexibility index (Phi) is 3.59. The Hall–Kier alpha value is -0.510. The number of benzene rings is 1. The van der Waals surface area contributed by atoms with Gasteiger partial charge in [-0.1, -0.05) is 18.2 Å². The lowest BCUT2D eigenvalue weighted by molar-refractivity contribution is -0.0737. The highest BCUT2D eigenvalue weighted by molar-refractivity contribution is 7.98. The summed E-state index contributed by atoms with van der Waals surface area (Å²) in [5.74, 6) is 0. The molecule has 0 heterocycles. The largest absolute Gasteiger partial charge is 0.314 e. The predicted molar refractivity (Wildman–Crippen MR) is 51.5 cm³/mol. The third kappa shape index (κ3) is 2.52. The Labute approximate surface area is 77.2 Å². The number of rotatable bonds is 3. The van der Waals surface area contributed by atoms with E-state index in [0.29, 0.717) is 6.54 Å². The van der Waals surface area contributed by atoms with E-state index in [0.717, 1.165) is 5.56 Å². The molecular weight excluding hydrogens is 170 g/mol. The number of hydrogen-bond donors (Lipinski definition) is 1. The maximum absolute atomic E-state index is 9.05. The first-order valence-corrected chi connectivity index (χ1v) is 4.98. The van der Waals surface area contributed by atoms with Gasteiger partial charge < -0.3 is 5.21 Å².